The van der Waals surface area contributed by atoms with E-state index in [4.69, 9.17) is 18.9 Å². The SMILES string of the molecule is O=C(CC(C(=O)OC1C2CC3C(=O)OC1C3C2)S(=O)(=O)[O-])OC1C2CC3C(=O)OC1C3C2. The highest BCUT2D eigenvalue weighted by atomic mass is 32.2. The van der Waals surface area contributed by atoms with E-state index in [2.05, 4.69) is 0 Å². The van der Waals surface area contributed by atoms with E-state index in [-0.39, 0.29) is 47.4 Å². The molecule has 4 saturated carbocycles. The molecule has 6 aliphatic rings. The van der Waals surface area contributed by atoms with E-state index < -0.39 is 58.1 Å². The minimum absolute atomic E-state index is 0.0231. The molecule has 32 heavy (non-hydrogen) atoms. The quantitative estimate of drug-likeness (QED) is 0.274. The van der Waals surface area contributed by atoms with Crippen LogP contribution in [0.2, 0.25) is 0 Å². The number of carbonyl (C=O) groups excluding carboxylic acids is 4. The van der Waals surface area contributed by atoms with E-state index in [1.54, 1.807) is 0 Å². The van der Waals surface area contributed by atoms with Crippen LogP contribution >= 0.6 is 0 Å². The van der Waals surface area contributed by atoms with Crippen molar-refractivity contribution in [2.24, 2.45) is 35.5 Å². The van der Waals surface area contributed by atoms with E-state index in [0.29, 0.717) is 25.7 Å². The maximum Gasteiger partial charge on any atom is 0.324 e. The third kappa shape index (κ3) is 2.84. The van der Waals surface area contributed by atoms with Gasteiger partial charge in [0.25, 0.3) is 0 Å². The predicted octanol–water partition coefficient (Wildman–Crippen LogP) is -0.723. The lowest BCUT2D eigenvalue weighted by Crippen LogP contribution is -2.43. The Kier molecular flexibility index (Phi) is 4.24. The first-order valence-electron chi connectivity index (χ1n) is 10.9. The van der Waals surface area contributed by atoms with Gasteiger partial charge in [-0.1, -0.05) is 0 Å². The van der Waals surface area contributed by atoms with Crippen LogP contribution in [0.1, 0.15) is 32.1 Å². The molecule has 6 rings (SSSR count). The smallest absolute Gasteiger partial charge is 0.324 e. The molecule has 4 aliphatic carbocycles. The molecular formula is C20H21O11S-. The largest absolute Gasteiger partial charge is 0.747 e. The third-order valence-corrected chi connectivity index (χ3v) is 9.37. The lowest BCUT2D eigenvalue weighted by atomic mass is 9.88. The third-order valence-electron chi connectivity index (χ3n) is 8.31. The molecule has 0 radical (unpaired) electrons. The molecule has 0 aromatic carbocycles. The number of carbonyl (C=O) groups is 4. The molecule has 174 valence electrons. The van der Waals surface area contributed by atoms with E-state index in [9.17, 15) is 32.1 Å². The van der Waals surface area contributed by atoms with Crippen LogP contribution in [0.15, 0.2) is 0 Å². The molecule has 12 heteroatoms. The van der Waals surface area contributed by atoms with Crippen molar-refractivity contribution >= 4 is 34.0 Å². The number of ether oxygens (including phenoxy) is 4. The van der Waals surface area contributed by atoms with Crippen LogP contribution in [0.5, 0.6) is 0 Å². The summed E-state index contributed by atoms with van der Waals surface area (Å²) in [5.74, 6) is -3.76. The average molecular weight is 469 g/mol. The fourth-order valence-electron chi connectivity index (χ4n) is 6.99. The molecular weight excluding hydrogens is 448 g/mol. The standard InChI is InChI=1S/C20H22O11S/c21-13(28-14-6-1-8-10(3-6)18(22)30-16(8)14)5-12(32(25,26)27)20(24)29-15-7-2-9-11(4-7)19(23)31-17(9)15/h6-12,14-17H,1-5H2,(H,25,26,27)/p-1. The highest BCUT2D eigenvalue weighted by Crippen LogP contribution is 2.56. The first-order chi connectivity index (χ1) is 15.1. The van der Waals surface area contributed by atoms with Gasteiger partial charge in [-0.2, -0.15) is 0 Å². The molecule has 11 nitrogen and oxygen atoms in total. The Labute approximate surface area is 182 Å². The van der Waals surface area contributed by atoms with Crippen LogP contribution < -0.4 is 0 Å². The second-order valence-corrected chi connectivity index (χ2v) is 11.4. The molecule has 2 saturated heterocycles. The Hall–Kier alpha value is -2.21. The maximum atomic E-state index is 12.6. The van der Waals surface area contributed by atoms with Gasteiger partial charge < -0.3 is 23.5 Å². The lowest BCUT2D eigenvalue weighted by molar-refractivity contribution is -0.166. The average Bonchev–Trinajstić information content (AvgIpc) is 3.49. The molecule has 4 bridgehead atoms. The number of hydrogen-bond acceptors (Lipinski definition) is 11. The van der Waals surface area contributed by atoms with Crippen molar-refractivity contribution in [2.75, 3.05) is 0 Å². The molecule has 0 N–H and O–H groups in total. The van der Waals surface area contributed by atoms with Crippen molar-refractivity contribution in [3.63, 3.8) is 0 Å². The van der Waals surface area contributed by atoms with Gasteiger partial charge in [0.15, 0.2) is 5.25 Å². The second kappa shape index (κ2) is 6.66. The molecule has 2 heterocycles. The van der Waals surface area contributed by atoms with Crippen LogP contribution in [-0.4, -0.2) is 66.5 Å². The van der Waals surface area contributed by atoms with Gasteiger partial charge in [0.1, 0.15) is 34.5 Å². The zero-order valence-corrected chi connectivity index (χ0v) is 17.6. The van der Waals surface area contributed by atoms with Crippen LogP contribution in [0.4, 0.5) is 0 Å². The highest BCUT2D eigenvalue weighted by molar-refractivity contribution is 7.87. The van der Waals surface area contributed by atoms with Crippen molar-refractivity contribution < 1.29 is 51.1 Å². The minimum Gasteiger partial charge on any atom is -0.747 e. The number of hydrogen-bond donors (Lipinski definition) is 0. The van der Waals surface area contributed by atoms with Crippen molar-refractivity contribution in [3.8, 4) is 0 Å². The molecule has 0 spiro atoms. The van der Waals surface area contributed by atoms with Crippen LogP contribution in [0.25, 0.3) is 0 Å². The minimum atomic E-state index is -5.22. The van der Waals surface area contributed by atoms with Gasteiger partial charge in [-0.25, -0.2) is 8.42 Å². The van der Waals surface area contributed by atoms with Crippen molar-refractivity contribution in [1.82, 2.24) is 0 Å². The molecule has 11 unspecified atom stereocenters. The zero-order valence-electron chi connectivity index (χ0n) is 16.8. The summed E-state index contributed by atoms with van der Waals surface area (Å²) in [5, 5.41) is -2.26. The summed E-state index contributed by atoms with van der Waals surface area (Å²) in [4.78, 5) is 48.8. The summed E-state index contributed by atoms with van der Waals surface area (Å²) >= 11 is 0. The fourth-order valence-corrected chi connectivity index (χ4v) is 7.63. The predicted molar refractivity (Wildman–Crippen MR) is 97.0 cm³/mol. The normalized spacial score (nSPS) is 45.7. The molecule has 2 aliphatic heterocycles. The summed E-state index contributed by atoms with van der Waals surface area (Å²) in [6.07, 6.45) is -1.40. The Morgan fingerprint density at radius 2 is 1.41 bits per heavy atom. The van der Waals surface area contributed by atoms with Crippen LogP contribution in [-0.2, 0) is 48.2 Å². The summed E-state index contributed by atoms with van der Waals surface area (Å²) < 4.78 is 56.6. The Bertz CT molecular complexity index is 1020. The van der Waals surface area contributed by atoms with E-state index in [1.807, 2.05) is 0 Å². The molecule has 0 aromatic rings. The van der Waals surface area contributed by atoms with Crippen LogP contribution in [0.3, 0.4) is 0 Å². The number of rotatable bonds is 6. The van der Waals surface area contributed by atoms with Crippen LogP contribution in [0, 0.1) is 35.5 Å². The number of esters is 4. The Morgan fingerprint density at radius 3 is 1.91 bits per heavy atom. The summed E-state index contributed by atoms with van der Waals surface area (Å²) in [7, 11) is -5.22. The van der Waals surface area contributed by atoms with Gasteiger partial charge >= 0.3 is 23.9 Å². The Balaban J connectivity index is 1.12. The first-order valence-corrected chi connectivity index (χ1v) is 12.3. The van der Waals surface area contributed by atoms with Gasteiger partial charge in [0.2, 0.25) is 0 Å². The van der Waals surface area contributed by atoms with E-state index in [1.165, 1.54) is 0 Å². The van der Waals surface area contributed by atoms with Crippen molar-refractivity contribution in [2.45, 2.75) is 61.8 Å². The van der Waals surface area contributed by atoms with Gasteiger partial charge in [0.05, 0.1) is 18.3 Å². The summed E-state index contributed by atoms with van der Waals surface area (Å²) in [6, 6.07) is 0. The van der Waals surface area contributed by atoms with E-state index in [0.717, 1.165) is 0 Å². The number of fused-ring (bicyclic) bond motifs is 2. The van der Waals surface area contributed by atoms with Gasteiger partial charge in [-0.05, 0) is 25.7 Å². The summed E-state index contributed by atoms with van der Waals surface area (Å²) in [5.41, 5.74) is 0. The zero-order chi connectivity index (χ0) is 22.5. The molecule has 0 aromatic heterocycles. The fraction of sp³-hybridized carbons (Fsp3) is 0.800. The molecule has 6 fully saturated rings. The summed E-state index contributed by atoms with van der Waals surface area (Å²) in [6.45, 7) is 0. The maximum absolute atomic E-state index is 12.6. The lowest BCUT2D eigenvalue weighted by Gasteiger charge is -2.28. The first kappa shape index (κ1) is 20.4. The monoisotopic (exact) mass is 469 g/mol. The molecule has 11 atom stereocenters. The Morgan fingerprint density at radius 1 is 0.906 bits per heavy atom. The van der Waals surface area contributed by atoms with Crippen molar-refractivity contribution in [1.29, 1.82) is 0 Å². The van der Waals surface area contributed by atoms with Gasteiger partial charge in [-0.15, -0.1) is 0 Å². The van der Waals surface area contributed by atoms with E-state index >= 15 is 0 Å². The second-order valence-electron chi connectivity index (χ2n) is 9.85. The topological polar surface area (TPSA) is 162 Å². The van der Waals surface area contributed by atoms with Gasteiger partial charge in [0, 0.05) is 23.7 Å². The highest BCUT2D eigenvalue weighted by Gasteiger charge is 2.64. The van der Waals surface area contributed by atoms with Crippen molar-refractivity contribution in [3.05, 3.63) is 0 Å². The molecule has 0 amide bonds. The van der Waals surface area contributed by atoms with Gasteiger partial charge in [-0.3, -0.25) is 19.2 Å².